The van der Waals surface area contributed by atoms with Gasteiger partial charge in [0, 0.05) is 24.6 Å². The normalized spacial score (nSPS) is 14.2. The fourth-order valence-electron chi connectivity index (χ4n) is 3.46. The van der Waals surface area contributed by atoms with E-state index in [-0.39, 0.29) is 11.8 Å². The van der Waals surface area contributed by atoms with Crippen LogP contribution in [0, 0.1) is 17.2 Å². The molecule has 0 aliphatic carbocycles. The van der Waals surface area contributed by atoms with Gasteiger partial charge in [-0.05, 0) is 49.2 Å². The summed E-state index contributed by atoms with van der Waals surface area (Å²) >= 11 is 0. The van der Waals surface area contributed by atoms with Crippen LogP contribution in [0.25, 0.3) is 11.4 Å². The van der Waals surface area contributed by atoms with E-state index in [2.05, 4.69) is 21.5 Å². The summed E-state index contributed by atoms with van der Waals surface area (Å²) in [6, 6.07) is 17.0. The molecule has 1 amide bonds. The predicted molar refractivity (Wildman–Crippen MR) is 111 cm³/mol. The Hall–Kier alpha value is -3.86. The molecular weight excluding hydrogens is 382 g/mol. The summed E-state index contributed by atoms with van der Waals surface area (Å²) in [4.78, 5) is 19.1. The van der Waals surface area contributed by atoms with Crippen molar-refractivity contribution in [2.24, 2.45) is 5.92 Å². The maximum absolute atomic E-state index is 12.6. The van der Waals surface area contributed by atoms with Gasteiger partial charge in [-0.2, -0.15) is 10.2 Å². The van der Waals surface area contributed by atoms with Gasteiger partial charge in [-0.3, -0.25) is 4.79 Å². The summed E-state index contributed by atoms with van der Waals surface area (Å²) in [6.07, 6.45) is 1.33. The number of hydrogen-bond acceptors (Lipinski definition) is 7. The summed E-state index contributed by atoms with van der Waals surface area (Å²) < 4.78 is 10.6. The van der Waals surface area contributed by atoms with Gasteiger partial charge >= 0.3 is 6.01 Å². The Morgan fingerprint density at radius 3 is 2.63 bits per heavy atom. The standard InChI is InChI=1S/C22H21N5O3/c1-29-18-8-6-15(7-9-18)20-25-22(30-26-20)27-12-10-16(11-13-27)21(28)24-19-5-3-2-4-17(19)14-23/h2-9,16H,10-13H2,1H3,(H,24,28). The van der Waals surface area contributed by atoms with Gasteiger partial charge in [0.2, 0.25) is 11.7 Å². The topological polar surface area (TPSA) is 104 Å². The number of rotatable bonds is 5. The largest absolute Gasteiger partial charge is 0.497 e. The second-order valence-corrected chi connectivity index (χ2v) is 7.04. The van der Waals surface area contributed by atoms with Crippen LogP contribution >= 0.6 is 0 Å². The van der Waals surface area contributed by atoms with Crippen LogP contribution in [-0.4, -0.2) is 36.2 Å². The molecule has 1 N–H and O–H groups in total. The zero-order chi connectivity index (χ0) is 20.9. The molecule has 0 unspecified atom stereocenters. The van der Waals surface area contributed by atoms with E-state index in [4.69, 9.17) is 9.26 Å². The zero-order valence-electron chi connectivity index (χ0n) is 16.5. The summed E-state index contributed by atoms with van der Waals surface area (Å²) in [5.41, 5.74) is 1.85. The first-order valence-corrected chi connectivity index (χ1v) is 9.71. The van der Waals surface area contributed by atoms with Crippen molar-refractivity contribution in [3.63, 3.8) is 0 Å². The summed E-state index contributed by atoms with van der Waals surface area (Å²) in [7, 11) is 1.62. The fraction of sp³-hybridized carbons (Fsp3) is 0.273. The van der Waals surface area contributed by atoms with E-state index in [0.717, 1.165) is 11.3 Å². The second kappa shape index (κ2) is 8.66. The van der Waals surface area contributed by atoms with E-state index in [1.165, 1.54) is 0 Å². The maximum Gasteiger partial charge on any atom is 0.324 e. The smallest absolute Gasteiger partial charge is 0.324 e. The molecule has 0 spiro atoms. The highest BCUT2D eigenvalue weighted by molar-refractivity contribution is 5.93. The average molecular weight is 403 g/mol. The van der Waals surface area contributed by atoms with Gasteiger partial charge in [0.1, 0.15) is 11.8 Å². The lowest BCUT2D eigenvalue weighted by Gasteiger charge is -2.29. The molecule has 4 rings (SSSR count). The monoisotopic (exact) mass is 403 g/mol. The number of ether oxygens (including phenoxy) is 1. The first kappa shape index (κ1) is 19.5. The molecule has 0 bridgehead atoms. The van der Waals surface area contributed by atoms with Gasteiger partial charge in [0.05, 0.1) is 18.4 Å². The third-order valence-electron chi connectivity index (χ3n) is 5.21. The number of piperidine rings is 1. The molecule has 1 aliphatic rings. The number of anilines is 2. The highest BCUT2D eigenvalue weighted by Crippen LogP contribution is 2.26. The minimum Gasteiger partial charge on any atom is -0.497 e. The summed E-state index contributed by atoms with van der Waals surface area (Å²) in [6.45, 7) is 1.28. The highest BCUT2D eigenvalue weighted by Gasteiger charge is 2.28. The van der Waals surface area contributed by atoms with Crippen molar-refractivity contribution in [1.82, 2.24) is 10.1 Å². The molecule has 2 aromatic carbocycles. The van der Waals surface area contributed by atoms with E-state index in [9.17, 15) is 10.1 Å². The fourth-order valence-corrected chi connectivity index (χ4v) is 3.46. The lowest BCUT2D eigenvalue weighted by Crippen LogP contribution is -2.38. The Balaban J connectivity index is 1.36. The first-order valence-electron chi connectivity index (χ1n) is 9.71. The predicted octanol–water partition coefficient (Wildman–Crippen LogP) is 3.47. The summed E-state index contributed by atoms with van der Waals surface area (Å²) in [5, 5.41) is 16.1. The number of carbonyl (C=O) groups is 1. The molecule has 8 heteroatoms. The molecule has 8 nitrogen and oxygen atoms in total. The number of methoxy groups -OCH3 is 1. The molecule has 3 aromatic rings. The van der Waals surface area contributed by atoms with Gasteiger partial charge in [0.25, 0.3) is 0 Å². The van der Waals surface area contributed by atoms with Crippen molar-refractivity contribution in [3.05, 3.63) is 54.1 Å². The van der Waals surface area contributed by atoms with Gasteiger partial charge in [-0.15, -0.1) is 0 Å². The molecule has 1 fully saturated rings. The Labute approximate surface area is 174 Å². The number of aromatic nitrogens is 2. The van der Waals surface area contributed by atoms with Crippen molar-refractivity contribution >= 4 is 17.6 Å². The average Bonchev–Trinajstić information content (AvgIpc) is 3.30. The van der Waals surface area contributed by atoms with Gasteiger partial charge in [0.15, 0.2) is 0 Å². The Morgan fingerprint density at radius 1 is 1.20 bits per heavy atom. The van der Waals surface area contributed by atoms with Gasteiger partial charge < -0.3 is 19.5 Å². The number of nitrogens with zero attached hydrogens (tertiary/aromatic N) is 4. The SMILES string of the molecule is COc1ccc(-c2noc(N3CCC(C(=O)Nc4ccccc4C#N)CC3)n2)cc1. The molecule has 0 radical (unpaired) electrons. The number of nitriles is 1. The van der Waals surface area contributed by atoms with E-state index in [1.54, 1.807) is 31.4 Å². The number of para-hydroxylation sites is 1. The molecule has 0 saturated carbocycles. The van der Waals surface area contributed by atoms with E-state index in [1.807, 2.05) is 29.2 Å². The van der Waals surface area contributed by atoms with Crippen molar-refractivity contribution in [2.45, 2.75) is 12.8 Å². The lowest BCUT2D eigenvalue weighted by atomic mass is 9.96. The van der Waals surface area contributed by atoms with Crippen LogP contribution in [-0.2, 0) is 4.79 Å². The Bertz CT molecular complexity index is 1060. The van der Waals surface area contributed by atoms with Crippen LogP contribution < -0.4 is 15.0 Å². The van der Waals surface area contributed by atoms with E-state index < -0.39 is 0 Å². The van der Waals surface area contributed by atoms with Crippen molar-refractivity contribution in [2.75, 3.05) is 30.4 Å². The van der Waals surface area contributed by atoms with Crippen LogP contribution in [0.4, 0.5) is 11.7 Å². The van der Waals surface area contributed by atoms with Crippen LogP contribution in [0.2, 0.25) is 0 Å². The van der Waals surface area contributed by atoms with Crippen LogP contribution in [0.5, 0.6) is 5.75 Å². The summed E-state index contributed by atoms with van der Waals surface area (Å²) in [5.74, 6) is 1.08. The third kappa shape index (κ3) is 4.10. The van der Waals surface area contributed by atoms with Crippen LogP contribution in [0.15, 0.2) is 53.1 Å². The number of benzene rings is 2. The quantitative estimate of drug-likeness (QED) is 0.695. The Morgan fingerprint density at radius 2 is 1.93 bits per heavy atom. The molecule has 1 aromatic heterocycles. The molecule has 0 atom stereocenters. The van der Waals surface area contributed by atoms with Crippen molar-refractivity contribution < 1.29 is 14.1 Å². The van der Waals surface area contributed by atoms with E-state index >= 15 is 0 Å². The Kier molecular flexibility index (Phi) is 5.61. The molecule has 2 heterocycles. The third-order valence-corrected chi connectivity index (χ3v) is 5.21. The zero-order valence-corrected chi connectivity index (χ0v) is 16.5. The van der Waals surface area contributed by atoms with Crippen molar-refractivity contribution in [3.8, 4) is 23.2 Å². The minimum atomic E-state index is -0.128. The number of carbonyl (C=O) groups excluding carboxylic acids is 1. The van der Waals surface area contributed by atoms with Crippen LogP contribution in [0.1, 0.15) is 18.4 Å². The van der Waals surface area contributed by atoms with Crippen LogP contribution in [0.3, 0.4) is 0 Å². The maximum atomic E-state index is 12.6. The molecule has 1 aliphatic heterocycles. The highest BCUT2D eigenvalue weighted by atomic mass is 16.5. The molecule has 1 saturated heterocycles. The molecule has 30 heavy (non-hydrogen) atoms. The molecule has 152 valence electrons. The minimum absolute atomic E-state index is 0.0678. The number of nitrogens with one attached hydrogen (secondary N) is 1. The van der Waals surface area contributed by atoms with Gasteiger partial charge in [-0.25, -0.2) is 0 Å². The van der Waals surface area contributed by atoms with Crippen molar-refractivity contribution in [1.29, 1.82) is 5.26 Å². The molecular formula is C22H21N5O3. The second-order valence-electron chi connectivity index (χ2n) is 7.04. The number of hydrogen-bond donors (Lipinski definition) is 1. The number of amides is 1. The van der Waals surface area contributed by atoms with E-state index in [0.29, 0.717) is 49.0 Å². The van der Waals surface area contributed by atoms with Gasteiger partial charge in [-0.1, -0.05) is 17.3 Å². The lowest BCUT2D eigenvalue weighted by molar-refractivity contribution is -0.120. The first-order chi connectivity index (χ1) is 14.7.